The van der Waals surface area contributed by atoms with Crippen LogP contribution >= 0.6 is 9.24 Å². The Hall–Kier alpha value is 0.360. The molecule has 0 aliphatic carbocycles. The van der Waals surface area contributed by atoms with Gasteiger partial charge >= 0.3 is 0 Å². The van der Waals surface area contributed by atoms with Gasteiger partial charge in [-0.3, -0.25) is 0 Å². The molecule has 0 spiro atoms. The molecule has 2 atom stereocenters. The van der Waals surface area contributed by atoms with Crippen molar-refractivity contribution in [2.45, 2.75) is 57.8 Å². The molecule has 2 unspecified atom stereocenters. The van der Waals surface area contributed by atoms with Gasteiger partial charge in [-0.15, -0.1) is 9.24 Å². The van der Waals surface area contributed by atoms with E-state index in [1.807, 2.05) is 0 Å². The van der Waals surface area contributed by atoms with Crippen molar-refractivity contribution in [3.05, 3.63) is 0 Å². The van der Waals surface area contributed by atoms with E-state index in [9.17, 15) is 4.39 Å². The summed E-state index contributed by atoms with van der Waals surface area (Å²) in [5.74, 6) is -0.679. The average molecular weight is 178 g/mol. The maximum atomic E-state index is 12.2. The second-order valence-corrected chi connectivity index (χ2v) is 3.80. The average Bonchev–Trinajstić information content (AvgIpc) is 1.96. The Balaban J connectivity index is 2.80. The number of hydrogen-bond acceptors (Lipinski definition) is 0. The third-order valence-corrected chi connectivity index (χ3v) is 2.17. The molecular weight excluding hydrogens is 158 g/mol. The fourth-order valence-corrected chi connectivity index (χ4v) is 1.36. The van der Waals surface area contributed by atoms with E-state index in [1.165, 1.54) is 32.1 Å². The van der Waals surface area contributed by atoms with E-state index >= 15 is 0 Å². The van der Waals surface area contributed by atoms with Gasteiger partial charge in [0.25, 0.3) is 0 Å². The first kappa shape index (κ1) is 11.4. The highest BCUT2D eigenvalue weighted by Gasteiger charge is 1.96. The van der Waals surface area contributed by atoms with Crippen molar-refractivity contribution < 1.29 is 4.39 Å². The zero-order valence-electron chi connectivity index (χ0n) is 7.48. The Kier molecular flexibility index (Phi) is 8.73. The Morgan fingerprint density at radius 3 is 2.18 bits per heavy atom. The molecule has 0 fully saturated rings. The summed E-state index contributed by atoms with van der Waals surface area (Å²) in [6.45, 7) is 2.21. The minimum atomic E-state index is -0.679. The van der Waals surface area contributed by atoms with Crippen molar-refractivity contribution in [2.75, 3.05) is 0 Å². The SMILES string of the molecule is CCCCCCCCC(F)P. The molecule has 2 heteroatoms. The van der Waals surface area contributed by atoms with E-state index in [0.717, 1.165) is 12.8 Å². The molecule has 0 amide bonds. The predicted molar refractivity (Wildman–Crippen MR) is 52.6 cm³/mol. The molecule has 0 aliphatic heterocycles. The summed E-state index contributed by atoms with van der Waals surface area (Å²) in [7, 11) is 2.20. The molecule has 0 heterocycles. The highest BCUT2D eigenvalue weighted by Crippen LogP contribution is 2.13. The maximum absolute atomic E-state index is 12.2. The van der Waals surface area contributed by atoms with Gasteiger partial charge in [-0.05, 0) is 6.42 Å². The van der Waals surface area contributed by atoms with Crippen LogP contribution in [0, 0.1) is 0 Å². The van der Waals surface area contributed by atoms with Crippen molar-refractivity contribution in [2.24, 2.45) is 0 Å². The molecular formula is C9H20FP. The summed E-state index contributed by atoms with van der Waals surface area (Å²) >= 11 is 0. The van der Waals surface area contributed by atoms with Gasteiger partial charge in [-0.2, -0.15) is 0 Å². The van der Waals surface area contributed by atoms with Crippen LogP contribution in [0.25, 0.3) is 0 Å². The zero-order valence-corrected chi connectivity index (χ0v) is 8.64. The van der Waals surface area contributed by atoms with Crippen LogP contribution in [0.5, 0.6) is 0 Å². The lowest BCUT2D eigenvalue weighted by Crippen LogP contribution is -1.87. The molecule has 0 radical (unpaired) electrons. The molecule has 0 N–H and O–H groups in total. The van der Waals surface area contributed by atoms with Crippen LogP contribution in [0.3, 0.4) is 0 Å². The van der Waals surface area contributed by atoms with Crippen LogP contribution in [-0.4, -0.2) is 5.91 Å². The number of halogens is 1. The van der Waals surface area contributed by atoms with Crippen LogP contribution < -0.4 is 0 Å². The zero-order chi connectivity index (χ0) is 8.53. The number of rotatable bonds is 7. The highest BCUT2D eigenvalue weighted by atomic mass is 31.0. The molecule has 0 bridgehead atoms. The maximum Gasteiger partial charge on any atom is 0.113 e. The Morgan fingerprint density at radius 2 is 1.64 bits per heavy atom. The van der Waals surface area contributed by atoms with Crippen molar-refractivity contribution in [1.29, 1.82) is 0 Å². The smallest absolute Gasteiger partial charge is 0.113 e. The van der Waals surface area contributed by atoms with Gasteiger partial charge in [0.05, 0.1) is 0 Å². The molecule has 0 aromatic carbocycles. The minimum absolute atomic E-state index is 0.679. The standard InChI is InChI=1S/C9H20FP/c1-2-3-4-5-6-7-8-9(10)11/h9H,2-8,11H2,1H3. The first-order chi connectivity index (χ1) is 5.27. The van der Waals surface area contributed by atoms with Gasteiger partial charge in [0.15, 0.2) is 0 Å². The number of hydrogen-bond donors (Lipinski definition) is 0. The minimum Gasteiger partial charge on any atom is -0.243 e. The predicted octanol–water partition coefficient (Wildman–Crippen LogP) is 3.91. The molecule has 0 nitrogen and oxygen atoms in total. The van der Waals surface area contributed by atoms with Gasteiger partial charge in [0.2, 0.25) is 0 Å². The molecule has 11 heavy (non-hydrogen) atoms. The summed E-state index contributed by atoms with van der Waals surface area (Å²) in [5.41, 5.74) is 0. The Labute approximate surface area is 72.2 Å². The molecule has 0 rings (SSSR count). The largest absolute Gasteiger partial charge is 0.243 e. The molecule has 0 saturated heterocycles. The summed E-state index contributed by atoms with van der Waals surface area (Å²) in [6.07, 6.45) is 8.20. The van der Waals surface area contributed by atoms with Crippen LogP contribution in [0.2, 0.25) is 0 Å². The normalized spacial score (nSPS) is 13.4. The molecule has 0 aliphatic rings. The van der Waals surface area contributed by atoms with E-state index in [4.69, 9.17) is 0 Å². The first-order valence-electron chi connectivity index (χ1n) is 4.67. The Bertz CT molecular complexity index is 74.0. The Morgan fingerprint density at radius 1 is 1.09 bits per heavy atom. The molecule has 0 aromatic heterocycles. The molecule has 0 aromatic rings. The van der Waals surface area contributed by atoms with E-state index < -0.39 is 5.91 Å². The van der Waals surface area contributed by atoms with E-state index in [0.29, 0.717) is 0 Å². The number of alkyl halides is 1. The monoisotopic (exact) mass is 178 g/mol. The molecule has 68 valence electrons. The van der Waals surface area contributed by atoms with Crippen molar-refractivity contribution in [1.82, 2.24) is 0 Å². The lowest BCUT2D eigenvalue weighted by Gasteiger charge is -2.00. The van der Waals surface area contributed by atoms with Crippen LogP contribution in [0.15, 0.2) is 0 Å². The van der Waals surface area contributed by atoms with Crippen LogP contribution in [0.1, 0.15) is 51.9 Å². The second-order valence-electron chi connectivity index (χ2n) is 3.07. The van der Waals surface area contributed by atoms with Crippen molar-refractivity contribution in [3.8, 4) is 0 Å². The van der Waals surface area contributed by atoms with Crippen LogP contribution in [0.4, 0.5) is 4.39 Å². The topological polar surface area (TPSA) is 0 Å². The van der Waals surface area contributed by atoms with E-state index in [2.05, 4.69) is 16.2 Å². The van der Waals surface area contributed by atoms with Gasteiger partial charge in [0.1, 0.15) is 5.91 Å². The fraction of sp³-hybridized carbons (Fsp3) is 1.00. The second kappa shape index (κ2) is 8.46. The quantitative estimate of drug-likeness (QED) is 0.409. The van der Waals surface area contributed by atoms with E-state index in [-0.39, 0.29) is 0 Å². The highest BCUT2D eigenvalue weighted by molar-refractivity contribution is 7.17. The van der Waals surface area contributed by atoms with Gasteiger partial charge in [-0.1, -0.05) is 45.4 Å². The van der Waals surface area contributed by atoms with Crippen molar-refractivity contribution >= 4 is 9.24 Å². The third kappa shape index (κ3) is 10.4. The van der Waals surface area contributed by atoms with Gasteiger partial charge < -0.3 is 0 Å². The van der Waals surface area contributed by atoms with Gasteiger partial charge in [-0.25, -0.2) is 4.39 Å². The van der Waals surface area contributed by atoms with E-state index in [1.54, 1.807) is 0 Å². The lowest BCUT2D eigenvalue weighted by molar-refractivity contribution is 0.411. The lowest BCUT2D eigenvalue weighted by atomic mass is 10.1. The van der Waals surface area contributed by atoms with Gasteiger partial charge in [0, 0.05) is 0 Å². The van der Waals surface area contributed by atoms with Crippen molar-refractivity contribution in [3.63, 3.8) is 0 Å². The summed E-state index contributed by atoms with van der Waals surface area (Å²) < 4.78 is 12.2. The summed E-state index contributed by atoms with van der Waals surface area (Å²) in [4.78, 5) is 0. The summed E-state index contributed by atoms with van der Waals surface area (Å²) in [6, 6.07) is 0. The summed E-state index contributed by atoms with van der Waals surface area (Å²) in [5, 5.41) is 0. The fourth-order valence-electron chi connectivity index (χ4n) is 1.12. The third-order valence-electron chi connectivity index (χ3n) is 1.83. The first-order valence-corrected chi connectivity index (χ1v) is 5.33. The van der Waals surface area contributed by atoms with Crippen LogP contribution in [-0.2, 0) is 0 Å². The number of unbranched alkanes of at least 4 members (excludes halogenated alkanes) is 5. The molecule has 0 saturated carbocycles.